The monoisotopic (exact) mass is 200 g/mol. The summed E-state index contributed by atoms with van der Waals surface area (Å²) in [6, 6.07) is 0.129. The molecule has 0 bridgehead atoms. The molecule has 0 aliphatic carbocycles. The average Bonchev–Trinajstić information content (AvgIpc) is 2.48. The number of likely N-dealkylation sites (tertiary alicyclic amines) is 1. The smallest absolute Gasteiger partial charge is 0.239 e. The SMILES string of the molecule is CC(CO)C(C)NC1CCN(C)C1=O. The summed E-state index contributed by atoms with van der Waals surface area (Å²) in [5.74, 6) is 0.357. The van der Waals surface area contributed by atoms with Crippen molar-refractivity contribution in [2.45, 2.75) is 32.4 Å². The van der Waals surface area contributed by atoms with Gasteiger partial charge in [0, 0.05) is 26.2 Å². The summed E-state index contributed by atoms with van der Waals surface area (Å²) in [5.41, 5.74) is 0. The van der Waals surface area contributed by atoms with Crippen LogP contribution in [0.4, 0.5) is 0 Å². The summed E-state index contributed by atoms with van der Waals surface area (Å²) in [7, 11) is 1.82. The molecule has 0 radical (unpaired) electrons. The van der Waals surface area contributed by atoms with Gasteiger partial charge >= 0.3 is 0 Å². The van der Waals surface area contributed by atoms with Crippen LogP contribution in [0.15, 0.2) is 0 Å². The van der Waals surface area contributed by atoms with E-state index in [2.05, 4.69) is 5.32 Å². The summed E-state index contributed by atoms with van der Waals surface area (Å²) in [5, 5.41) is 12.2. The Morgan fingerprint density at radius 1 is 1.64 bits per heavy atom. The average molecular weight is 200 g/mol. The van der Waals surface area contributed by atoms with Crippen LogP contribution in [-0.4, -0.2) is 48.2 Å². The van der Waals surface area contributed by atoms with Crippen LogP contribution in [-0.2, 0) is 4.79 Å². The number of hydrogen-bond acceptors (Lipinski definition) is 3. The normalized spacial score (nSPS) is 26.7. The largest absolute Gasteiger partial charge is 0.396 e. The minimum Gasteiger partial charge on any atom is -0.396 e. The molecule has 0 saturated carbocycles. The van der Waals surface area contributed by atoms with Crippen molar-refractivity contribution in [1.29, 1.82) is 0 Å². The number of aliphatic hydroxyl groups excluding tert-OH is 1. The van der Waals surface area contributed by atoms with Crippen molar-refractivity contribution in [3.05, 3.63) is 0 Å². The topological polar surface area (TPSA) is 52.6 Å². The van der Waals surface area contributed by atoms with Crippen LogP contribution in [0.25, 0.3) is 0 Å². The molecule has 0 spiro atoms. The van der Waals surface area contributed by atoms with Crippen molar-refractivity contribution >= 4 is 5.91 Å². The van der Waals surface area contributed by atoms with E-state index in [9.17, 15) is 4.79 Å². The van der Waals surface area contributed by atoms with Crippen molar-refractivity contribution in [2.24, 2.45) is 5.92 Å². The van der Waals surface area contributed by atoms with Crippen LogP contribution in [0.2, 0.25) is 0 Å². The Morgan fingerprint density at radius 3 is 2.71 bits per heavy atom. The fourth-order valence-electron chi connectivity index (χ4n) is 1.62. The van der Waals surface area contributed by atoms with E-state index in [4.69, 9.17) is 5.11 Å². The maximum absolute atomic E-state index is 11.6. The van der Waals surface area contributed by atoms with Crippen LogP contribution in [0.3, 0.4) is 0 Å². The van der Waals surface area contributed by atoms with Gasteiger partial charge in [0.05, 0.1) is 6.04 Å². The highest BCUT2D eigenvalue weighted by atomic mass is 16.3. The molecular weight excluding hydrogens is 180 g/mol. The van der Waals surface area contributed by atoms with Gasteiger partial charge in [-0.3, -0.25) is 4.79 Å². The van der Waals surface area contributed by atoms with Gasteiger partial charge in [0.1, 0.15) is 0 Å². The van der Waals surface area contributed by atoms with Gasteiger partial charge in [0.2, 0.25) is 5.91 Å². The first kappa shape index (κ1) is 11.5. The number of carbonyl (C=O) groups is 1. The van der Waals surface area contributed by atoms with Gasteiger partial charge in [-0.15, -0.1) is 0 Å². The van der Waals surface area contributed by atoms with E-state index >= 15 is 0 Å². The molecule has 0 aromatic heterocycles. The number of amides is 1. The third kappa shape index (κ3) is 2.45. The van der Waals surface area contributed by atoms with E-state index in [0.29, 0.717) is 0 Å². The minimum absolute atomic E-state index is 0.0519. The van der Waals surface area contributed by atoms with Crippen LogP contribution >= 0.6 is 0 Å². The van der Waals surface area contributed by atoms with Gasteiger partial charge < -0.3 is 15.3 Å². The Labute approximate surface area is 85.3 Å². The highest BCUT2D eigenvalue weighted by molar-refractivity contribution is 5.83. The predicted octanol–water partition coefficient (Wildman–Crippen LogP) is -0.176. The highest BCUT2D eigenvalue weighted by Gasteiger charge is 2.30. The van der Waals surface area contributed by atoms with E-state index in [1.165, 1.54) is 0 Å². The first-order valence-corrected chi connectivity index (χ1v) is 5.18. The van der Waals surface area contributed by atoms with Gasteiger partial charge in [-0.2, -0.15) is 0 Å². The lowest BCUT2D eigenvalue weighted by atomic mass is 10.0. The summed E-state index contributed by atoms with van der Waals surface area (Å²) in [6.45, 7) is 4.97. The number of nitrogens with one attached hydrogen (secondary N) is 1. The summed E-state index contributed by atoms with van der Waals surface area (Å²) in [4.78, 5) is 13.3. The number of likely N-dealkylation sites (N-methyl/N-ethyl adjacent to an activating group) is 1. The number of rotatable bonds is 4. The number of hydrogen-bond donors (Lipinski definition) is 2. The summed E-state index contributed by atoms with van der Waals surface area (Å²) >= 11 is 0. The van der Waals surface area contributed by atoms with Crippen molar-refractivity contribution < 1.29 is 9.90 Å². The maximum atomic E-state index is 11.6. The number of nitrogens with zero attached hydrogens (tertiary/aromatic N) is 1. The molecule has 82 valence electrons. The lowest BCUT2D eigenvalue weighted by molar-refractivity contribution is -0.128. The predicted molar refractivity (Wildman–Crippen MR) is 54.9 cm³/mol. The van der Waals surface area contributed by atoms with Crippen LogP contribution in [0, 0.1) is 5.92 Å². The quantitative estimate of drug-likeness (QED) is 0.662. The van der Waals surface area contributed by atoms with E-state index in [0.717, 1.165) is 13.0 Å². The van der Waals surface area contributed by atoms with E-state index in [1.807, 2.05) is 20.9 Å². The van der Waals surface area contributed by atoms with E-state index < -0.39 is 0 Å². The zero-order chi connectivity index (χ0) is 10.7. The fourth-order valence-corrected chi connectivity index (χ4v) is 1.62. The second kappa shape index (κ2) is 4.75. The second-order valence-electron chi connectivity index (χ2n) is 4.22. The zero-order valence-corrected chi connectivity index (χ0v) is 9.16. The van der Waals surface area contributed by atoms with Gasteiger partial charge in [0.15, 0.2) is 0 Å². The van der Waals surface area contributed by atoms with Crippen molar-refractivity contribution in [2.75, 3.05) is 20.2 Å². The maximum Gasteiger partial charge on any atom is 0.239 e. The number of carbonyl (C=O) groups excluding carboxylic acids is 1. The van der Waals surface area contributed by atoms with Gasteiger partial charge in [-0.05, 0) is 19.3 Å². The summed E-state index contributed by atoms with van der Waals surface area (Å²) < 4.78 is 0. The Kier molecular flexibility index (Phi) is 3.89. The van der Waals surface area contributed by atoms with Gasteiger partial charge in [0.25, 0.3) is 0 Å². The zero-order valence-electron chi connectivity index (χ0n) is 9.16. The molecule has 0 aromatic rings. The third-order valence-corrected chi connectivity index (χ3v) is 3.03. The van der Waals surface area contributed by atoms with Crippen LogP contribution in [0.5, 0.6) is 0 Å². The Balaban J connectivity index is 2.41. The standard InChI is InChI=1S/C10H20N2O2/c1-7(6-13)8(2)11-9-4-5-12(3)10(9)14/h7-9,11,13H,4-6H2,1-3H3. The molecule has 14 heavy (non-hydrogen) atoms. The second-order valence-corrected chi connectivity index (χ2v) is 4.22. The highest BCUT2D eigenvalue weighted by Crippen LogP contribution is 2.11. The first-order chi connectivity index (χ1) is 6.56. The fraction of sp³-hybridized carbons (Fsp3) is 0.900. The van der Waals surface area contributed by atoms with Crippen molar-refractivity contribution in [3.63, 3.8) is 0 Å². The molecule has 1 amide bonds. The molecule has 1 saturated heterocycles. The molecule has 1 rings (SSSR count). The molecular formula is C10H20N2O2. The molecule has 4 heteroatoms. The molecule has 1 fully saturated rings. The number of aliphatic hydroxyl groups is 1. The molecule has 1 aliphatic heterocycles. The molecule has 2 N–H and O–H groups in total. The Hall–Kier alpha value is -0.610. The van der Waals surface area contributed by atoms with Crippen LogP contribution in [0.1, 0.15) is 20.3 Å². The van der Waals surface area contributed by atoms with E-state index in [-0.39, 0.29) is 30.5 Å². The summed E-state index contributed by atoms with van der Waals surface area (Å²) in [6.07, 6.45) is 0.873. The molecule has 0 aromatic carbocycles. The van der Waals surface area contributed by atoms with Gasteiger partial charge in [-0.1, -0.05) is 6.92 Å². The van der Waals surface area contributed by atoms with Crippen molar-refractivity contribution in [3.8, 4) is 0 Å². The van der Waals surface area contributed by atoms with Gasteiger partial charge in [-0.25, -0.2) is 0 Å². The Morgan fingerprint density at radius 2 is 2.29 bits per heavy atom. The molecule has 1 aliphatic rings. The Bertz CT molecular complexity index is 208. The molecule has 3 atom stereocenters. The third-order valence-electron chi connectivity index (χ3n) is 3.03. The van der Waals surface area contributed by atoms with E-state index in [1.54, 1.807) is 4.90 Å². The minimum atomic E-state index is -0.0519. The molecule has 1 heterocycles. The van der Waals surface area contributed by atoms with Crippen molar-refractivity contribution in [1.82, 2.24) is 10.2 Å². The van der Waals surface area contributed by atoms with Crippen LogP contribution < -0.4 is 5.32 Å². The lowest BCUT2D eigenvalue weighted by Crippen LogP contribution is -2.45. The molecule has 3 unspecified atom stereocenters. The lowest BCUT2D eigenvalue weighted by Gasteiger charge is -2.22. The first-order valence-electron chi connectivity index (χ1n) is 5.18. The molecule has 4 nitrogen and oxygen atoms in total.